The molecule has 0 radical (unpaired) electrons. The standard InChI is InChI=1S/C12H9ClF3N5O/c13-8-2-1-4-20-10(8)18-21(11(20)22)6-9-17-3-5-19(9)7-12(14,15)16/h1-5H,6-7H2. The van der Waals surface area contributed by atoms with Crippen molar-refractivity contribution in [3.63, 3.8) is 0 Å². The first-order valence-corrected chi connectivity index (χ1v) is 6.53. The maximum Gasteiger partial charge on any atom is 0.406 e. The lowest BCUT2D eigenvalue weighted by Gasteiger charge is -2.10. The predicted molar refractivity (Wildman–Crippen MR) is 71.8 cm³/mol. The molecule has 0 atom stereocenters. The third-order valence-corrected chi connectivity index (χ3v) is 3.30. The fourth-order valence-electron chi connectivity index (χ4n) is 2.07. The molecule has 0 aliphatic carbocycles. The highest BCUT2D eigenvalue weighted by molar-refractivity contribution is 6.33. The number of hydrogen-bond acceptors (Lipinski definition) is 3. The molecule has 0 unspecified atom stereocenters. The molecule has 3 aromatic rings. The lowest BCUT2D eigenvalue weighted by molar-refractivity contribution is -0.141. The van der Waals surface area contributed by atoms with Crippen LogP contribution in [0.3, 0.4) is 0 Å². The molecule has 10 heteroatoms. The Morgan fingerprint density at radius 3 is 2.73 bits per heavy atom. The molecule has 0 N–H and O–H groups in total. The first-order chi connectivity index (χ1) is 10.3. The molecule has 0 aliphatic rings. The summed E-state index contributed by atoms with van der Waals surface area (Å²) in [5, 5.41) is 4.30. The number of halogens is 4. The van der Waals surface area contributed by atoms with Gasteiger partial charge in [-0.15, -0.1) is 5.10 Å². The molecule has 116 valence electrons. The van der Waals surface area contributed by atoms with Gasteiger partial charge in [-0.25, -0.2) is 18.9 Å². The van der Waals surface area contributed by atoms with Gasteiger partial charge in [0.2, 0.25) is 0 Å². The second-order valence-corrected chi connectivity index (χ2v) is 4.98. The summed E-state index contributed by atoms with van der Waals surface area (Å²) >= 11 is 5.94. The minimum atomic E-state index is -4.37. The van der Waals surface area contributed by atoms with Crippen LogP contribution in [-0.2, 0) is 13.1 Å². The maximum atomic E-state index is 12.5. The molecule has 0 aliphatic heterocycles. The van der Waals surface area contributed by atoms with Crippen molar-refractivity contribution in [2.24, 2.45) is 0 Å². The third kappa shape index (κ3) is 2.71. The largest absolute Gasteiger partial charge is 0.406 e. The Kier molecular flexibility index (Phi) is 3.44. The lowest BCUT2D eigenvalue weighted by atomic mass is 10.5. The van der Waals surface area contributed by atoms with Gasteiger partial charge >= 0.3 is 11.9 Å². The number of fused-ring (bicyclic) bond motifs is 1. The molecule has 0 spiro atoms. The van der Waals surface area contributed by atoms with Gasteiger partial charge in [0.25, 0.3) is 0 Å². The summed E-state index contributed by atoms with van der Waals surface area (Å²) in [4.78, 5) is 16.0. The smallest absolute Gasteiger partial charge is 0.324 e. The van der Waals surface area contributed by atoms with Crippen LogP contribution in [-0.4, -0.2) is 29.9 Å². The van der Waals surface area contributed by atoms with Crippen LogP contribution in [0.15, 0.2) is 35.5 Å². The van der Waals surface area contributed by atoms with Crippen LogP contribution in [0, 0.1) is 0 Å². The van der Waals surface area contributed by atoms with E-state index in [1.54, 1.807) is 12.1 Å². The summed E-state index contributed by atoms with van der Waals surface area (Å²) < 4.78 is 40.6. The predicted octanol–water partition coefficient (Wildman–Crippen LogP) is 1.96. The van der Waals surface area contributed by atoms with Crippen LogP contribution in [0.5, 0.6) is 0 Å². The third-order valence-electron chi connectivity index (χ3n) is 3.00. The topological polar surface area (TPSA) is 57.1 Å². The van der Waals surface area contributed by atoms with E-state index in [4.69, 9.17) is 11.6 Å². The summed E-state index contributed by atoms with van der Waals surface area (Å²) in [6.07, 6.45) is -0.441. The Morgan fingerprint density at radius 1 is 1.27 bits per heavy atom. The number of imidazole rings is 1. The number of alkyl halides is 3. The normalized spacial score (nSPS) is 12.2. The number of rotatable bonds is 3. The Balaban J connectivity index is 1.98. The molecular weight excluding hydrogens is 323 g/mol. The van der Waals surface area contributed by atoms with Crippen molar-refractivity contribution in [1.29, 1.82) is 0 Å². The Morgan fingerprint density at radius 2 is 2.05 bits per heavy atom. The number of hydrogen-bond donors (Lipinski definition) is 0. The van der Waals surface area contributed by atoms with Gasteiger partial charge in [0.05, 0.1) is 5.02 Å². The molecule has 3 heterocycles. The zero-order valence-electron chi connectivity index (χ0n) is 11.0. The molecule has 3 rings (SSSR count). The number of aromatic nitrogens is 5. The van der Waals surface area contributed by atoms with Crippen LogP contribution >= 0.6 is 11.6 Å². The van der Waals surface area contributed by atoms with Crippen LogP contribution in [0.25, 0.3) is 5.65 Å². The molecule has 0 saturated heterocycles. The summed E-state index contributed by atoms with van der Waals surface area (Å²) in [5.74, 6) is 0.0824. The van der Waals surface area contributed by atoms with E-state index >= 15 is 0 Å². The molecule has 3 aromatic heterocycles. The van der Waals surface area contributed by atoms with Gasteiger partial charge in [0.15, 0.2) is 5.65 Å². The second-order valence-electron chi connectivity index (χ2n) is 4.58. The van der Waals surface area contributed by atoms with Gasteiger partial charge in [-0.1, -0.05) is 11.6 Å². The summed E-state index contributed by atoms with van der Waals surface area (Å²) in [7, 11) is 0. The Labute approximate surface area is 126 Å². The molecule has 0 bridgehead atoms. The van der Waals surface area contributed by atoms with E-state index in [1.165, 1.54) is 23.0 Å². The van der Waals surface area contributed by atoms with E-state index < -0.39 is 18.4 Å². The summed E-state index contributed by atoms with van der Waals surface area (Å²) in [5.41, 5.74) is -0.262. The average molecular weight is 332 g/mol. The monoisotopic (exact) mass is 331 g/mol. The Hall–Kier alpha value is -2.29. The zero-order valence-corrected chi connectivity index (χ0v) is 11.7. The second kappa shape index (κ2) is 5.16. The zero-order chi connectivity index (χ0) is 15.9. The van der Waals surface area contributed by atoms with Crippen molar-refractivity contribution in [3.05, 3.63) is 52.1 Å². The van der Waals surface area contributed by atoms with Gasteiger partial charge in [-0.2, -0.15) is 13.2 Å². The maximum absolute atomic E-state index is 12.5. The van der Waals surface area contributed by atoms with Crippen molar-refractivity contribution in [2.45, 2.75) is 19.3 Å². The van der Waals surface area contributed by atoms with Crippen LogP contribution in [0.1, 0.15) is 5.82 Å². The fraction of sp³-hybridized carbons (Fsp3) is 0.250. The fourth-order valence-corrected chi connectivity index (χ4v) is 2.27. The quantitative estimate of drug-likeness (QED) is 0.737. The molecule has 22 heavy (non-hydrogen) atoms. The van der Waals surface area contributed by atoms with E-state index in [2.05, 4.69) is 10.1 Å². The molecule has 0 fully saturated rings. The van der Waals surface area contributed by atoms with Crippen molar-refractivity contribution >= 4 is 17.2 Å². The van der Waals surface area contributed by atoms with Crippen LogP contribution in [0.2, 0.25) is 5.02 Å². The van der Waals surface area contributed by atoms with E-state index in [0.29, 0.717) is 0 Å². The molecule has 0 amide bonds. The van der Waals surface area contributed by atoms with Crippen molar-refractivity contribution in [3.8, 4) is 0 Å². The van der Waals surface area contributed by atoms with Crippen LogP contribution < -0.4 is 5.69 Å². The van der Waals surface area contributed by atoms with Gasteiger partial charge in [0.1, 0.15) is 18.9 Å². The van der Waals surface area contributed by atoms with Crippen molar-refractivity contribution in [2.75, 3.05) is 0 Å². The Bertz CT molecular complexity index is 879. The number of pyridine rings is 1. The number of nitrogens with zero attached hydrogens (tertiary/aromatic N) is 5. The summed E-state index contributed by atoms with van der Waals surface area (Å²) in [6.45, 7) is -1.36. The van der Waals surface area contributed by atoms with Gasteiger partial charge in [0, 0.05) is 18.6 Å². The van der Waals surface area contributed by atoms with E-state index in [9.17, 15) is 18.0 Å². The highest BCUT2D eigenvalue weighted by Gasteiger charge is 2.29. The first kappa shape index (κ1) is 14.6. The lowest BCUT2D eigenvalue weighted by Crippen LogP contribution is -2.25. The average Bonchev–Trinajstić information content (AvgIpc) is 2.97. The molecule has 6 nitrogen and oxygen atoms in total. The van der Waals surface area contributed by atoms with Crippen LogP contribution in [0.4, 0.5) is 13.2 Å². The van der Waals surface area contributed by atoms with Crippen molar-refractivity contribution in [1.82, 2.24) is 23.7 Å². The van der Waals surface area contributed by atoms with Crippen molar-refractivity contribution < 1.29 is 13.2 Å². The molecular formula is C12H9ClF3N5O. The summed E-state index contributed by atoms with van der Waals surface area (Å²) in [6, 6.07) is 3.14. The molecule has 0 saturated carbocycles. The highest BCUT2D eigenvalue weighted by atomic mass is 35.5. The minimum absolute atomic E-state index is 0.0824. The first-order valence-electron chi connectivity index (χ1n) is 6.15. The SMILES string of the molecule is O=c1n(Cc2nccn2CC(F)(F)F)nc2c(Cl)cccn12. The van der Waals surface area contributed by atoms with Gasteiger partial charge in [-0.05, 0) is 12.1 Å². The minimum Gasteiger partial charge on any atom is -0.324 e. The van der Waals surface area contributed by atoms with Gasteiger partial charge < -0.3 is 4.57 Å². The van der Waals surface area contributed by atoms with E-state index in [0.717, 1.165) is 9.25 Å². The van der Waals surface area contributed by atoms with Gasteiger partial charge in [-0.3, -0.25) is 0 Å². The van der Waals surface area contributed by atoms with E-state index in [-0.39, 0.29) is 23.0 Å². The molecule has 0 aromatic carbocycles. The van der Waals surface area contributed by atoms with E-state index in [1.807, 2.05) is 0 Å². The highest BCUT2D eigenvalue weighted by Crippen LogP contribution is 2.18.